The normalized spacial score (nSPS) is 24.5. The molecule has 0 aromatic carbocycles. The molecule has 6 heteroatoms. The number of carbonyl (C=O) groups is 1. The second kappa shape index (κ2) is 9.59. The largest absolute Gasteiger partial charge is 0.444 e. The maximum Gasteiger partial charge on any atom is 0.410 e. The minimum atomic E-state index is -0.433. The summed E-state index contributed by atoms with van der Waals surface area (Å²) in [4.78, 5) is 14.1. The van der Waals surface area contributed by atoms with Crippen LogP contribution in [0.2, 0.25) is 0 Å². The fourth-order valence-electron chi connectivity index (χ4n) is 3.17. The number of ether oxygens (including phenoxy) is 3. The van der Waals surface area contributed by atoms with Crippen molar-refractivity contribution in [2.45, 2.75) is 70.6 Å². The summed E-state index contributed by atoms with van der Waals surface area (Å²) in [7, 11) is 0. The molecule has 0 bridgehead atoms. The molecule has 2 aliphatic heterocycles. The summed E-state index contributed by atoms with van der Waals surface area (Å²) in [5, 5.41) is 3.44. The summed E-state index contributed by atoms with van der Waals surface area (Å²) in [6.45, 7) is 10.6. The highest BCUT2D eigenvalue weighted by Gasteiger charge is 2.31. The van der Waals surface area contributed by atoms with Crippen LogP contribution in [0.25, 0.3) is 0 Å². The lowest BCUT2D eigenvalue weighted by molar-refractivity contribution is 0.0163. The zero-order valence-corrected chi connectivity index (χ0v) is 15.5. The minimum absolute atomic E-state index is 0.188. The van der Waals surface area contributed by atoms with Crippen molar-refractivity contribution in [3.05, 3.63) is 0 Å². The number of carbonyl (C=O) groups excluding carboxylic acids is 1. The highest BCUT2D eigenvalue weighted by Crippen LogP contribution is 2.20. The molecule has 1 amide bonds. The fourth-order valence-corrected chi connectivity index (χ4v) is 3.17. The average molecular weight is 342 g/mol. The minimum Gasteiger partial charge on any atom is -0.444 e. The first kappa shape index (κ1) is 19.5. The predicted octanol–water partition coefficient (Wildman–Crippen LogP) is 2.56. The molecule has 2 rings (SSSR count). The Hall–Kier alpha value is -0.850. The first-order valence-electron chi connectivity index (χ1n) is 9.35. The van der Waals surface area contributed by atoms with E-state index in [9.17, 15) is 4.79 Å². The summed E-state index contributed by atoms with van der Waals surface area (Å²) < 4.78 is 16.7. The van der Waals surface area contributed by atoms with Crippen LogP contribution in [0.15, 0.2) is 0 Å². The fraction of sp³-hybridized carbons (Fsp3) is 0.944. The molecule has 0 saturated carbocycles. The van der Waals surface area contributed by atoms with Crippen molar-refractivity contribution in [3.63, 3.8) is 0 Å². The summed E-state index contributed by atoms with van der Waals surface area (Å²) in [6, 6.07) is 0.243. The molecule has 1 N–H and O–H groups in total. The summed E-state index contributed by atoms with van der Waals surface area (Å²) >= 11 is 0. The number of nitrogens with one attached hydrogen (secondary N) is 1. The summed E-state index contributed by atoms with van der Waals surface area (Å²) in [5.41, 5.74) is -0.433. The standard InChI is InChI=1S/C18H34N2O4/c1-18(2,3)24-17(21)20-10-4-7-15(20)13-19-9-6-11-22-14-16-8-5-12-23-16/h15-16,19H,4-14H2,1-3H3. The van der Waals surface area contributed by atoms with Crippen molar-refractivity contribution in [1.29, 1.82) is 0 Å². The Labute approximate surface area is 146 Å². The molecule has 2 saturated heterocycles. The zero-order valence-electron chi connectivity index (χ0n) is 15.5. The molecule has 24 heavy (non-hydrogen) atoms. The van der Waals surface area contributed by atoms with Crippen LogP contribution in [-0.2, 0) is 14.2 Å². The number of nitrogens with zero attached hydrogens (tertiary/aromatic N) is 1. The predicted molar refractivity (Wildman–Crippen MR) is 93.2 cm³/mol. The van der Waals surface area contributed by atoms with Gasteiger partial charge in [0.15, 0.2) is 0 Å². The maximum absolute atomic E-state index is 12.2. The van der Waals surface area contributed by atoms with Gasteiger partial charge >= 0.3 is 6.09 Å². The molecular weight excluding hydrogens is 308 g/mol. The van der Waals surface area contributed by atoms with E-state index in [-0.39, 0.29) is 12.1 Å². The van der Waals surface area contributed by atoms with Gasteiger partial charge in [-0.2, -0.15) is 0 Å². The van der Waals surface area contributed by atoms with Crippen LogP contribution < -0.4 is 5.32 Å². The molecular formula is C18H34N2O4. The third-order valence-corrected chi connectivity index (χ3v) is 4.36. The SMILES string of the molecule is CC(C)(C)OC(=O)N1CCCC1CNCCCOCC1CCCO1. The number of amides is 1. The average Bonchev–Trinajstić information content (AvgIpc) is 3.15. The Balaban J connectivity index is 1.53. The van der Waals surface area contributed by atoms with E-state index >= 15 is 0 Å². The number of hydrogen-bond acceptors (Lipinski definition) is 5. The van der Waals surface area contributed by atoms with Crippen molar-refractivity contribution in [2.24, 2.45) is 0 Å². The molecule has 0 spiro atoms. The van der Waals surface area contributed by atoms with Gasteiger partial charge in [-0.05, 0) is 59.4 Å². The first-order chi connectivity index (χ1) is 11.5. The van der Waals surface area contributed by atoms with Crippen molar-refractivity contribution in [2.75, 3.05) is 39.5 Å². The van der Waals surface area contributed by atoms with E-state index in [2.05, 4.69) is 5.32 Å². The van der Waals surface area contributed by atoms with E-state index in [1.807, 2.05) is 25.7 Å². The van der Waals surface area contributed by atoms with Gasteiger partial charge in [-0.3, -0.25) is 0 Å². The molecule has 2 atom stereocenters. The molecule has 6 nitrogen and oxygen atoms in total. The van der Waals surface area contributed by atoms with Crippen LogP contribution in [0, 0.1) is 0 Å². The molecule has 140 valence electrons. The van der Waals surface area contributed by atoms with Crippen molar-refractivity contribution >= 4 is 6.09 Å². The molecule has 0 aliphatic carbocycles. The van der Waals surface area contributed by atoms with E-state index in [4.69, 9.17) is 14.2 Å². The highest BCUT2D eigenvalue weighted by atomic mass is 16.6. The van der Waals surface area contributed by atoms with Crippen LogP contribution in [0.4, 0.5) is 4.79 Å². The van der Waals surface area contributed by atoms with Gasteiger partial charge in [0.05, 0.1) is 12.7 Å². The van der Waals surface area contributed by atoms with E-state index in [1.54, 1.807) is 0 Å². The second-order valence-electron chi connectivity index (χ2n) is 7.74. The van der Waals surface area contributed by atoms with Crippen LogP contribution in [0.3, 0.4) is 0 Å². The van der Waals surface area contributed by atoms with E-state index in [1.165, 1.54) is 0 Å². The Bertz CT molecular complexity index is 378. The van der Waals surface area contributed by atoms with Crippen molar-refractivity contribution in [3.8, 4) is 0 Å². The van der Waals surface area contributed by atoms with Crippen LogP contribution in [0.5, 0.6) is 0 Å². The van der Waals surface area contributed by atoms with Gasteiger partial charge in [-0.15, -0.1) is 0 Å². The van der Waals surface area contributed by atoms with E-state index < -0.39 is 5.60 Å². The number of likely N-dealkylation sites (tertiary alicyclic amines) is 1. The molecule has 2 aliphatic rings. The van der Waals surface area contributed by atoms with Gasteiger partial charge in [0, 0.05) is 32.3 Å². The Morgan fingerprint density at radius 3 is 2.83 bits per heavy atom. The molecule has 0 aromatic heterocycles. The summed E-state index contributed by atoms with van der Waals surface area (Å²) in [6.07, 6.45) is 5.47. The number of hydrogen-bond donors (Lipinski definition) is 1. The van der Waals surface area contributed by atoms with Crippen LogP contribution >= 0.6 is 0 Å². The first-order valence-corrected chi connectivity index (χ1v) is 9.35. The van der Waals surface area contributed by atoms with Gasteiger partial charge in [-0.25, -0.2) is 4.79 Å². The maximum atomic E-state index is 12.2. The lowest BCUT2D eigenvalue weighted by atomic mass is 10.2. The zero-order chi connectivity index (χ0) is 17.4. The lowest BCUT2D eigenvalue weighted by Crippen LogP contribution is -2.44. The van der Waals surface area contributed by atoms with Crippen molar-refractivity contribution in [1.82, 2.24) is 10.2 Å². The second-order valence-corrected chi connectivity index (χ2v) is 7.74. The van der Waals surface area contributed by atoms with Crippen LogP contribution in [0.1, 0.15) is 52.9 Å². The Morgan fingerprint density at radius 1 is 1.29 bits per heavy atom. The van der Waals surface area contributed by atoms with E-state index in [0.29, 0.717) is 6.10 Å². The Morgan fingerprint density at radius 2 is 2.12 bits per heavy atom. The van der Waals surface area contributed by atoms with Gasteiger partial charge in [0.2, 0.25) is 0 Å². The van der Waals surface area contributed by atoms with Gasteiger partial charge in [0.1, 0.15) is 5.60 Å². The van der Waals surface area contributed by atoms with Gasteiger partial charge in [-0.1, -0.05) is 0 Å². The van der Waals surface area contributed by atoms with E-state index in [0.717, 1.165) is 71.6 Å². The third kappa shape index (κ3) is 6.95. The molecule has 0 aromatic rings. The lowest BCUT2D eigenvalue weighted by Gasteiger charge is -2.28. The topological polar surface area (TPSA) is 60.0 Å². The van der Waals surface area contributed by atoms with Gasteiger partial charge < -0.3 is 24.4 Å². The monoisotopic (exact) mass is 342 g/mol. The van der Waals surface area contributed by atoms with Gasteiger partial charge in [0.25, 0.3) is 0 Å². The molecule has 2 unspecified atom stereocenters. The van der Waals surface area contributed by atoms with Crippen molar-refractivity contribution < 1.29 is 19.0 Å². The molecule has 0 radical (unpaired) electrons. The van der Waals surface area contributed by atoms with Crippen LogP contribution in [-0.4, -0.2) is 68.2 Å². The molecule has 2 fully saturated rings. The molecule has 2 heterocycles. The smallest absolute Gasteiger partial charge is 0.410 e. The third-order valence-electron chi connectivity index (χ3n) is 4.36. The summed E-state index contributed by atoms with van der Waals surface area (Å²) in [5.74, 6) is 0. The quantitative estimate of drug-likeness (QED) is 0.687. The Kier molecular flexibility index (Phi) is 7.78. The number of rotatable bonds is 8. The highest BCUT2D eigenvalue weighted by molar-refractivity contribution is 5.69.